The van der Waals surface area contributed by atoms with E-state index in [4.69, 9.17) is 5.84 Å². The molecule has 2 heterocycles. The van der Waals surface area contributed by atoms with Crippen LogP contribution in [-0.4, -0.2) is 31.6 Å². The summed E-state index contributed by atoms with van der Waals surface area (Å²) >= 11 is 0. The van der Waals surface area contributed by atoms with Gasteiger partial charge in [0, 0.05) is 29.9 Å². The molecule has 0 radical (unpaired) electrons. The number of nitrogens with zero attached hydrogens (tertiary/aromatic N) is 1. The Kier molecular flexibility index (Phi) is 4.75. The molecule has 2 aromatic carbocycles. The minimum atomic E-state index is 0.727. The molecule has 4 nitrogen and oxygen atoms in total. The first-order valence-corrected chi connectivity index (χ1v) is 9.39. The molecule has 0 aromatic heterocycles. The van der Waals surface area contributed by atoms with Crippen LogP contribution in [0.1, 0.15) is 24.0 Å². The van der Waals surface area contributed by atoms with Gasteiger partial charge in [-0.1, -0.05) is 30.3 Å². The van der Waals surface area contributed by atoms with Crippen LogP contribution in [0.5, 0.6) is 0 Å². The number of quaternary nitrogens is 1. The Labute approximate surface area is 150 Å². The third-order valence-electron chi connectivity index (χ3n) is 5.54. The van der Waals surface area contributed by atoms with Gasteiger partial charge in [0.25, 0.3) is 0 Å². The van der Waals surface area contributed by atoms with E-state index >= 15 is 0 Å². The van der Waals surface area contributed by atoms with E-state index in [0.717, 1.165) is 30.6 Å². The lowest BCUT2D eigenvalue weighted by atomic mass is 9.95. The van der Waals surface area contributed by atoms with Crippen molar-refractivity contribution in [3.63, 3.8) is 0 Å². The summed E-state index contributed by atoms with van der Waals surface area (Å²) < 4.78 is 0. The van der Waals surface area contributed by atoms with Gasteiger partial charge in [-0.25, -0.2) is 0 Å². The van der Waals surface area contributed by atoms with Gasteiger partial charge < -0.3 is 21.1 Å². The number of hydrogen-bond donors (Lipinski definition) is 2. The second-order valence-corrected chi connectivity index (χ2v) is 7.64. The van der Waals surface area contributed by atoms with E-state index in [2.05, 4.69) is 59.7 Å². The smallest absolute Gasteiger partial charge is 0.0952 e. The first kappa shape index (κ1) is 16.6. The zero-order chi connectivity index (χ0) is 17.2. The van der Waals surface area contributed by atoms with Crippen LogP contribution in [0.4, 0.5) is 5.69 Å². The Hall–Kier alpha value is -1.88. The van der Waals surface area contributed by atoms with Gasteiger partial charge in [0.1, 0.15) is 0 Å². The van der Waals surface area contributed by atoms with Gasteiger partial charge in [-0.3, -0.25) is 0 Å². The molecule has 0 amide bonds. The summed E-state index contributed by atoms with van der Waals surface area (Å²) in [4.78, 5) is 2.44. The fraction of sp³-hybridized carbons (Fsp3) is 0.429. The van der Waals surface area contributed by atoms with Crippen LogP contribution in [0.15, 0.2) is 42.5 Å². The van der Waals surface area contributed by atoms with E-state index < -0.39 is 0 Å². The zero-order valence-corrected chi connectivity index (χ0v) is 15.0. The largest absolute Gasteiger partial charge is 0.469 e. The summed E-state index contributed by atoms with van der Waals surface area (Å²) in [6, 6.07) is 15.2. The monoisotopic (exact) mass is 336 g/mol. The number of hydrogen-bond acceptors (Lipinski definition) is 2. The molecule has 0 bridgehead atoms. The lowest BCUT2D eigenvalue weighted by Crippen LogP contribution is -3.00. The van der Waals surface area contributed by atoms with Gasteiger partial charge in [0.15, 0.2) is 0 Å². The number of fused-ring (bicyclic) bond motifs is 1. The maximum absolute atomic E-state index is 8.12. The minimum absolute atomic E-state index is 0.727. The lowest BCUT2D eigenvalue weighted by molar-refractivity contribution is -0.869. The Morgan fingerprint density at radius 1 is 1.20 bits per heavy atom. The molecule has 2 aliphatic rings. The maximum Gasteiger partial charge on any atom is 0.0952 e. The summed E-state index contributed by atoms with van der Waals surface area (Å²) in [5.41, 5.74) is 6.44. The molecule has 1 fully saturated rings. The standard InChI is InChI=1S/C21H28N4/c1-24-9-5-6-16(13-24)12-23-19-10-18-14-25(22)15-21(18)20(11-19)17-7-3-2-4-8-17/h2-4,7-8,10-11,16,22-23,25H,5-6,9,12-15H2,1H3. The van der Waals surface area contributed by atoms with Crippen LogP contribution in [0, 0.1) is 5.92 Å². The van der Waals surface area contributed by atoms with Crippen molar-refractivity contribution >= 4 is 5.69 Å². The van der Waals surface area contributed by atoms with Crippen molar-refractivity contribution < 1.29 is 5.01 Å². The fourth-order valence-corrected chi connectivity index (χ4v) is 4.28. The number of likely N-dealkylation sites (tertiary alicyclic amines) is 1. The molecule has 3 N–H and O–H groups in total. The number of piperidine rings is 1. The summed E-state index contributed by atoms with van der Waals surface area (Å²) in [7, 11) is 2.22. The summed E-state index contributed by atoms with van der Waals surface area (Å²) in [6.07, 6.45) is 2.62. The molecule has 0 aliphatic carbocycles. The molecule has 2 atom stereocenters. The Morgan fingerprint density at radius 2 is 2.04 bits per heavy atom. The van der Waals surface area contributed by atoms with Gasteiger partial charge >= 0.3 is 0 Å². The zero-order valence-electron chi connectivity index (χ0n) is 15.0. The highest BCUT2D eigenvalue weighted by Crippen LogP contribution is 2.31. The summed E-state index contributed by atoms with van der Waals surface area (Å²) in [5, 5.41) is 4.52. The van der Waals surface area contributed by atoms with E-state index in [0.29, 0.717) is 0 Å². The molecule has 2 aromatic rings. The lowest BCUT2D eigenvalue weighted by Gasteiger charge is -2.30. The van der Waals surface area contributed by atoms with Crippen molar-refractivity contribution in [3.8, 4) is 11.1 Å². The number of anilines is 1. The van der Waals surface area contributed by atoms with Crippen molar-refractivity contribution in [2.24, 2.45) is 5.92 Å². The van der Waals surface area contributed by atoms with E-state index in [-0.39, 0.29) is 0 Å². The third kappa shape index (κ3) is 3.71. The van der Waals surface area contributed by atoms with E-state index in [9.17, 15) is 0 Å². The normalized spacial score (nSPS) is 23.4. The Balaban J connectivity index is 1.58. The highest BCUT2D eigenvalue weighted by atomic mass is 15.4. The van der Waals surface area contributed by atoms with Crippen LogP contribution in [-0.2, 0) is 13.1 Å². The van der Waals surface area contributed by atoms with Crippen LogP contribution in [0.2, 0.25) is 0 Å². The Morgan fingerprint density at radius 3 is 2.84 bits per heavy atom. The molecule has 1 saturated heterocycles. The van der Waals surface area contributed by atoms with Crippen molar-refractivity contribution in [2.45, 2.75) is 25.9 Å². The van der Waals surface area contributed by atoms with Gasteiger partial charge in [0.05, 0.1) is 13.1 Å². The van der Waals surface area contributed by atoms with Crippen molar-refractivity contribution in [1.29, 1.82) is 0 Å². The van der Waals surface area contributed by atoms with E-state index in [1.165, 1.54) is 53.9 Å². The first-order valence-electron chi connectivity index (χ1n) is 9.39. The molecule has 132 valence electrons. The summed E-state index contributed by atoms with van der Waals surface area (Å²) in [6.45, 7) is 5.06. The quantitative estimate of drug-likeness (QED) is 0.901. The predicted octanol–water partition coefficient (Wildman–Crippen LogP) is 2.97. The first-order chi connectivity index (χ1) is 12.2. The molecule has 2 aliphatic heterocycles. The molecular weight excluding hydrogens is 308 g/mol. The summed E-state index contributed by atoms with van der Waals surface area (Å²) in [5.74, 6) is 8.85. The molecular formula is C21H28N4. The second kappa shape index (κ2) is 7.16. The molecule has 25 heavy (non-hydrogen) atoms. The third-order valence-corrected chi connectivity index (χ3v) is 5.54. The molecule has 4 rings (SSSR count). The highest BCUT2D eigenvalue weighted by molar-refractivity contribution is 5.73. The van der Waals surface area contributed by atoms with Crippen molar-refractivity contribution in [2.75, 3.05) is 32.0 Å². The molecule has 0 saturated carbocycles. The van der Waals surface area contributed by atoms with Gasteiger partial charge in [-0.2, -0.15) is 0 Å². The second-order valence-electron chi connectivity index (χ2n) is 7.64. The van der Waals surface area contributed by atoms with Crippen LogP contribution in [0.25, 0.3) is 17.0 Å². The van der Waals surface area contributed by atoms with Crippen molar-refractivity contribution in [3.05, 3.63) is 59.4 Å². The van der Waals surface area contributed by atoms with Gasteiger partial charge in [-0.15, -0.1) is 0 Å². The number of rotatable bonds is 4. The van der Waals surface area contributed by atoms with Crippen LogP contribution in [0.3, 0.4) is 0 Å². The number of benzene rings is 2. The van der Waals surface area contributed by atoms with Crippen LogP contribution < -0.4 is 10.3 Å². The maximum atomic E-state index is 8.12. The Bertz CT molecular complexity index is 728. The van der Waals surface area contributed by atoms with Crippen LogP contribution >= 0.6 is 0 Å². The van der Waals surface area contributed by atoms with Crippen molar-refractivity contribution in [1.82, 2.24) is 4.90 Å². The van der Waals surface area contributed by atoms with Gasteiger partial charge in [-0.05, 0) is 55.6 Å². The average molecular weight is 336 g/mol. The average Bonchev–Trinajstić information content (AvgIpc) is 3.00. The highest BCUT2D eigenvalue weighted by Gasteiger charge is 2.23. The van der Waals surface area contributed by atoms with Gasteiger partial charge in [0.2, 0.25) is 0 Å². The fourth-order valence-electron chi connectivity index (χ4n) is 4.28. The van der Waals surface area contributed by atoms with E-state index in [1.807, 2.05) is 0 Å². The predicted molar refractivity (Wildman–Crippen MR) is 103 cm³/mol. The molecule has 4 heteroatoms. The van der Waals surface area contributed by atoms with E-state index in [1.54, 1.807) is 0 Å². The topological polar surface area (TPSA) is 43.5 Å². The minimum Gasteiger partial charge on any atom is -0.469 e. The number of nitrogens with one attached hydrogen (secondary N) is 3. The SMILES string of the molecule is CN1CCCC(CNc2cc3c(c(-c4ccccc4)c2)C[NH+]([NH-])C3)C1. The molecule has 0 spiro atoms. The molecule has 2 unspecified atom stereocenters.